The van der Waals surface area contributed by atoms with Crippen molar-refractivity contribution in [3.63, 3.8) is 0 Å². The van der Waals surface area contributed by atoms with E-state index < -0.39 is 5.41 Å². The van der Waals surface area contributed by atoms with Crippen molar-refractivity contribution in [2.45, 2.75) is 20.4 Å². The van der Waals surface area contributed by atoms with Gasteiger partial charge < -0.3 is 16.0 Å². The number of benzene rings is 1. The predicted octanol–water partition coefficient (Wildman–Crippen LogP) is 2.40. The maximum Gasteiger partial charge on any atom is 0.227 e. The number of carbonyl (C=O) groups is 1. The lowest BCUT2D eigenvalue weighted by Gasteiger charge is -2.24. The summed E-state index contributed by atoms with van der Waals surface area (Å²) in [6.45, 7) is 4.80. The Morgan fingerprint density at radius 1 is 1.27 bits per heavy atom. The summed E-state index contributed by atoms with van der Waals surface area (Å²) in [6.07, 6.45) is 0. The number of nitrogens with one attached hydrogen (secondary N) is 3. The van der Waals surface area contributed by atoms with Gasteiger partial charge in [-0.3, -0.25) is 9.79 Å². The first-order valence-electron chi connectivity index (χ1n) is 6.81. The molecule has 0 aliphatic rings. The number of guanidine groups is 1. The van der Waals surface area contributed by atoms with Crippen LogP contribution in [0, 0.1) is 5.41 Å². The van der Waals surface area contributed by atoms with E-state index in [9.17, 15) is 4.79 Å². The van der Waals surface area contributed by atoms with Crippen molar-refractivity contribution in [1.29, 1.82) is 0 Å². The van der Waals surface area contributed by atoms with E-state index in [1.54, 1.807) is 14.1 Å². The number of halogens is 2. The van der Waals surface area contributed by atoms with E-state index in [4.69, 9.17) is 11.6 Å². The number of aliphatic imine (C=N–C) groups is 1. The third kappa shape index (κ3) is 6.39. The van der Waals surface area contributed by atoms with Crippen LogP contribution in [-0.4, -0.2) is 32.5 Å². The molecular weight excluding hydrogens is 415 g/mol. The largest absolute Gasteiger partial charge is 0.359 e. The van der Waals surface area contributed by atoms with Crippen LogP contribution >= 0.6 is 35.6 Å². The van der Waals surface area contributed by atoms with Crippen molar-refractivity contribution in [2.75, 3.05) is 20.6 Å². The zero-order valence-electron chi connectivity index (χ0n) is 13.4. The van der Waals surface area contributed by atoms with Crippen LogP contribution in [0.3, 0.4) is 0 Å². The first kappa shape index (κ1) is 21.0. The van der Waals surface area contributed by atoms with Gasteiger partial charge in [-0.25, -0.2) is 0 Å². The molecule has 0 bridgehead atoms. The molecule has 0 aliphatic heterocycles. The van der Waals surface area contributed by atoms with E-state index >= 15 is 0 Å². The summed E-state index contributed by atoms with van der Waals surface area (Å²) in [5.74, 6) is 0.614. The monoisotopic (exact) mass is 438 g/mol. The quantitative estimate of drug-likeness (QED) is 0.376. The minimum Gasteiger partial charge on any atom is -0.359 e. The second-order valence-electron chi connectivity index (χ2n) is 5.33. The third-order valence-corrected chi connectivity index (χ3v) is 3.54. The van der Waals surface area contributed by atoms with Crippen molar-refractivity contribution in [3.05, 3.63) is 34.9 Å². The van der Waals surface area contributed by atoms with Crippen LogP contribution in [0.4, 0.5) is 0 Å². The van der Waals surface area contributed by atoms with Gasteiger partial charge in [-0.15, -0.1) is 24.0 Å². The van der Waals surface area contributed by atoms with Crippen LogP contribution in [0.1, 0.15) is 19.4 Å². The molecule has 0 fully saturated rings. The molecule has 1 aromatic rings. The number of carbonyl (C=O) groups excluding carboxylic acids is 1. The van der Waals surface area contributed by atoms with Gasteiger partial charge in [-0.2, -0.15) is 0 Å². The molecule has 124 valence electrons. The average molecular weight is 439 g/mol. The van der Waals surface area contributed by atoms with Crippen LogP contribution in [0.25, 0.3) is 0 Å². The topological polar surface area (TPSA) is 65.5 Å². The third-order valence-electron chi connectivity index (χ3n) is 3.17. The standard InChI is InChI=1S/C15H23ClN4O.HI/c1-15(2,13(21)17-3)10-20-14(18-4)19-9-11-7-5-6-8-12(11)16;/h5-8H,9-10H2,1-4H3,(H,17,21)(H2,18,19,20);1H. The number of rotatable bonds is 5. The smallest absolute Gasteiger partial charge is 0.227 e. The highest BCUT2D eigenvalue weighted by atomic mass is 127. The molecule has 0 radical (unpaired) electrons. The maximum absolute atomic E-state index is 11.7. The van der Waals surface area contributed by atoms with Crippen molar-refractivity contribution in [3.8, 4) is 0 Å². The Balaban J connectivity index is 0.00000441. The lowest BCUT2D eigenvalue weighted by atomic mass is 9.92. The predicted molar refractivity (Wildman–Crippen MR) is 103 cm³/mol. The molecule has 0 atom stereocenters. The Hall–Kier alpha value is -1.02. The lowest BCUT2D eigenvalue weighted by Crippen LogP contribution is -2.47. The molecule has 0 saturated heterocycles. The normalized spacial score (nSPS) is 11.4. The summed E-state index contributed by atoms with van der Waals surface area (Å²) in [5.41, 5.74) is 0.476. The number of amides is 1. The summed E-state index contributed by atoms with van der Waals surface area (Å²) >= 11 is 6.11. The molecule has 1 rings (SSSR count). The Kier molecular flexibility index (Phi) is 9.43. The van der Waals surface area contributed by atoms with E-state index in [2.05, 4.69) is 20.9 Å². The first-order chi connectivity index (χ1) is 9.90. The van der Waals surface area contributed by atoms with Gasteiger partial charge in [0.1, 0.15) is 0 Å². The molecule has 22 heavy (non-hydrogen) atoms. The highest BCUT2D eigenvalue weighted by Crippen LogP contribution is 2.15. The molecule has 0 aromatic heterocycles. The van der Waals surface area contributed by atoms with Gasteiger partial charge >= 0.3 is 0 Å². The number of nitrogens with zero attached hydrogens (tertiary/aromatic N) is 1. The fraction of sp³-hybridized carbons (Fsp3) is 0.467. The van der Waals surface area contributed by atoms with E-state index in [-0.39, 0.29) is 29.9 Å². The van der Waals surface area contributed by atoms with Gasteiger partial charge in [-0.05, 0) is 25.5 Å². The lowest BCUT2D eigenvalue weighted by molar-refractivity contribution is -0.128. The summed E-state index contributed by atoms with van der Waals surface area (Å²) in [6, 6.07) is 7.64. The highest BCUT2D eigenvalue weighted by Gasteiger charge is 2.26. The molecule has 0 spiro atoms. The van der Waals surface area contributed by atoms with Gasteiger partial charge in [-0.1, -0.05) is 29.8 Å². The zero-order chi connectivity index (χ0) is 15.9. The molecule has 5 nitrogen and oxygen atoms in total. The van der Waals surface area contributed by atoms with Gasteiger partial charge in [0.05, 0.1) is 5.41 Å². The zero-order valence-corrected chi connectivity index (χ0v) is 16.5. The molecule has 0 heterocycles. The molecule has 0 unspecified atom stereocenters. The highest BCUT2D eigenvalue weighted by molar-refractivity contribution is 14.0. The number of hydrogen-bond acceptors (Lipinski definition) is 2. The Bertz CT molecular complexity index is 520. The summed E-state index contributed by atoms with van der Waals surface area (Å²) in [7, 11) is 3.32. The van der Waals surface area contributed by atoms with Crippen molar-refractivity contribution in [1.82, 2.24) is 16.0 Å². The minimum atomic E-state index is -0.517. The second kappa shape index (κ2) is 9.89. The fourth-order valence-electron chi connectivity index (χ4n) is 1.76. The molecule has 0 saturated carbocycles. The van der Waals surface area contributed by atoms with Crippen molar-refractivity contribution >= 4 is 47.4 Å². The van der Waals surface area contributed by atoms with Crippen LogP contribution in [0.15, 0.2) is 29.3 Å². The van der Waals surface area contributed by atoms with E-state index in [0.29, 0.717) is 24.1 Å². The summed E-state index contributed by atoms with van der Waals surface area (Å²) < 4.78 is 0. The molecular formula is C15H24ClIN4O. The Morgan fingerprint density at radius 3 is 2.45 bits per heavy atom. The van der Waals surface area contributed by atoms with E-state index in [0.717, 1.165) is 5.56 Å². The SMILES string of the molecule is CN=C(NCc1ccccc1Cl)NCC(C)(C)C(=O)NC.I. The molecule has 1 aromatic carbocycles. The molecule has 3 N–H and O–H groups in total. The Labute approximate surface area is 154 Å². The summed E-state index contributed by atoms with van der Waals surface area (Å²) in [4.78, 5) is 15.9. The van der Waals surface area contributed by atoms with Crippen LogP contribution in [0.5, 0.6) is 0 Å². The van der Waals surface area contributed by atoms with E-state index in [1.165, 1.54) is 0 Å². The molecule has 7 heteroatoms. The van der Waals surface area contributed by atoms with Crippen LogP contribution < -0.4 is 16.0 Å². The molecule has 0 aliphatic carbocycles. The van der Waals surface area contributed by atoms with E-state index in [1.807, 2.05) is 38.1 Å². The minimum absolute atomic E-state index is 0. The maximum atomic E-state index is 11.7. The summed E-state index contributed by atoms with van der Waals surface area (Å²) in [5, 5.41) is 9.70. The Morgan fingerprint density at radius 2 is 1.91 bits per heavy atom. The van der Waals surface area contributed by atoms with Crippen LogP contribution in [-0.2, 0) is 11.3 Å². The van der Waals surface area contributed by atoms with Crippen molar-refractivity contribution < 1.29 is 4.79 Å². The second-order valence-corrected chi connectivity index (χ2v) is 5.74. The van der Waals surface area contributed by atoms with Gasteiger partial charge in [0.25, 0.3) is 0 Å². The van der Waals surface area contributed by atoms with Crippen molar-refractivity contribution in [2.24, 2.45) is 10.4 Å². The van der Waals surface area contributed by atoms with Crippen LogP contribution in [0.2, 0.25) is 5.02 Å². The van der Waals surface area contributed by atoms with Gasteiger partial charge in [0.2, 0.25) is 5.91 Å². The van der Waals surface area contributed by atoms with Gasteiger partial charge in [0.15, 0.2) is 5.96 Å². The first-order valence-corrected chi connectivity index (χ1v) is 7.18. The number of hydrogen-bond donors (Lipinski definition) is 3. The fourth-order valence-corrected chi connectivity index (χ4v) is 1.97. The average Bonchev–Trinajstić information content (AvgIpc) is 2.48. The van der Waals surface area contributed by atoms with Gasteiger partial charge in [0, 0.05) is 32.2 Å². The molecule has 1 amide bonds.